The van der Waals surface area contributed by atoms with Crippen molar-refractivity contribution in [1.29, 1.82) is 0 Å². The van der Waals surface area contributed by atoms with Gasteiger partial charge in [-0.2, -0.15) is 0 Å². The van der Waals surface area contributed by atoms with Crippen molar-refractivity contribution in [1.82, 2.24) is 24.3 Å². The quantitative estimate of drug-likeness (QED) is 0.669. The van der Waals surface area contributed by atoms with Crippen LogP contribution < -0.4 is 5.56 Å². The van der Waals surface area contributed by atoms with E-state index in [-0.39, 0.29) is 11.5 Å². The molecule has 27 heavy (non-hydrogen) atoms. The van der Waals surface area contributed by atoms with E-state index in [1.54, 1.807) is 18.6 Å². The SMILES string of the molecule is O=C(CCn1cnc2sccc2c1=O)N1CCN(Cc2cccnc2)CC1. The molecule has 1 aliphatic heterocycles. The second-order valence-corrected chi connectivity index (χ2v) is 7.55. The summed E-state index contributed by atoms with van der Waals surface area (Å²) in [6.07, 6.45) is 5.52. The Morgan fingerprint density at radius 3 is 2.81 bits per heavy atom. The predicted molar refractivity (Wildman–Crippen MR) is 105 cm³/mol. The monoisotopic (exact) mass is 383 g/mol. The van der Waals surface area contributed by atoms with Crippen LogP contribution in [0.3, 0.4) is 0 Å². The number of aryl methyl sites for hydroxylation is 1. The molecular formula is C19H21N5O2S. The average Bonchev–Trinajstić information content (AvgIpc) is 3.18. The normalized spacial score (nSPS) is 15.3. The molecule has 0 atom stereocenters. The zero-order valence-electron chi connectivity index (χ0n) is 15.0. The lowest BCUT2D eigenvalue weighted by Gasteiger charge is -2.34. The Labute approximate surface area is 160 Å². The molecule has 3 aromatic heterocycles. The van der Waals surface area contributed by atoms with E-state index in [1.807, 2.05) is 22.5 Å². The largest absolute Gasteiger partial charge is 0.340 e. The molecule has 1 saturated heterocycles. The third-order valence-corrected chi connectivity index (χ3v) is 5.69. The molecule has 0 aliphatic carbocycles. The Bertz CT molecular complexity index is 976. The van der Waals surface area contributed by atoms with Gasteiger partial charge in [0.15, 0.2) is 0 Å². The summed E-state index contributed by atoms with van der Waals surface area (Å²) in [5, 5.41) is 2.48. The molecule has 0 N–H and O–H groups in total. The number of aromatic nitrogens is 3. The molecule has 0 bridgehead atoms. The molecule has 1 amide bonds. The maximum Gasteiger partial charge on any atom is 0.262 e. The number of hydrogen-bond donors (Lipinski definition) is 0. The first kappa shape index (κ1) is 17.8. The van der Waals surface area contributed by atoms with E-state index in [2.05, 4.69) is 20.9 Å². The lowest BCUT2D eigenvalue weighted by atomic mass is 10.2. The first-order valence-electron chi connectivity index (χ1n) is 9.02. The van der Waals surface area contributed by atoms with Crippen molar-refractivity contribution >= 4 is 27.5 Å². The highest BCUT2D eigenvalue weighted by molar-refractivity contribution is 7.16. The number of nitrogens with zero attached hydrogens (tertiary/aromatic N) is 5. The van der Waals surface area contributed by atoms with Crippen LogP contribution in [0.4, 0.5) is 0 Å². The molecule has 4 rings (SSSR count). The highest BCUT2D eigenvalue weighted by Gasteiger charge is 2.21. The molecular weight excluding hydrogens is 362 g/mol. The summed E-state index contributed by atoms with van der Waals surface area (Å²) in [5.74, 6) is 0.0911. The molecule has 3 aromatic rings. The van der Waals surface area contributed by atoms with Crippen molar-refractivity contribution in [3.63, 3.8) is 0 Å². The summed E-state index contributed by atoms with van der Waals surface area (Å²) in [6.45, 7) is 4.36. The summed E-state index contributed by atoms with van der Waals surface area (Å²) in [4.78, 5) is 38.3. The van der Waals surface area contributed by atoms with Gasteiger partial charge >= 0.3 is 0 Å². The van der Waals surface area contributed by atoms with E-state index in [0.717, 1.165) is 37.6 Å². The topological polar surface area (TPSA) is 71.3 Å². The van der Waals surface area contributed by atoms with Crippen LogP contribution >= 0.6 is 11.3 Å². The van der Waals surface area contributed by atoms with Crippen LogP contribution in [0, 0.1) is 0 Å². The number of carbonyl (C=O) groups excluding carboxylic acids is 1. The number of piperazine rings is 1. The van der Waals surface area contributed by atoms with Crippen molar-refractivity contribution in [2.45, 2.75) is 19.5 Å². The first-order valence-corrected chi connectivity index (χ1v) is 9.90. The summed E-state index contributed by atoms with van der Waals surface area (Å²) in [7, 11) is 0. The molecule has 8 heteroatoms. The van der Waals surface area contributed by atoms with E-state index in [0.29, 0.717) is 18.4 Å². The Hall–Kier alpha value is -2.58. The van der Waals surface area contributed by atoms with Gasteiger partial charge in [0.25, 0.3) is 5.56 Å². The minimum absolute atomic E-state index is 0.0738. The maximum absolute atomic E-state index is 12.5. The molecule has 0 aromatic carbocycles. The number of fused-ring (bicyclic) bond motifs is 1. The van der Waals surface area contributed by atoms with Crippen molar-refractivity contribution in [3.8, 4) is 0 Å². The summed E-state index contributed by atoms with van der Waals surface area (Å²) in [6, 6.07) is 5.80. The number of hydrogen-bond acceptors (Lipinski definition) is 6. The van der Waals surface area contributed by atoms with Gasteiger partial charge in [-0.3, -0.25) is 24.0 Å². The van der Waals surface area contributed by atoms with Gasteiger partial charge in [0, 0.05) is 58.1 Å². The zero-order valence-corrected chi connectivity index (χ0v) is 15.8. The number of pyridine rings is 1. The Kier molecular flexibility index (Phi) is 5.26. The van der Waals surface area contributed by atoms with Crippen LogP contribution in [0.15, 0.2) is 47.1 Å². The molecule has 4 heterocycles. The third kappa shape index (κ3) is 4.06. The zero-order chi connectivity index (χ0) is 18.6. The Morgan fingerprint density at radius 1 is 1.19 bits per heavy atom. The van der Waals surface area contributed by atoms with E-state index in [9.17, 15) is 9.59 Å². The minimum atomic E-state index is -0.0738. The first-order chi connectivity index (χ1) is 13.2. The summed E-state index contributed by atoms with van der Waals surface area (Å²) in [5.41, 5.74) is 1.11. The van der Waals surface area contributed by atoms with Gasteiger partial charge in [-0.25, -0.2) is 4.98 Å². The number of rotatable bonds is 5. The second-order valence-electron chi connectivity index (χ2n) is 6.65. The van der Waals surface area contributed by atoms with Crippen LogP contribution in [0.25, 0.3) is 10.2 Å². The highest BCUT2D eigenvalue weighted by Crippen LogP contribution is 2.13. The minimum Gasteiger partial charge on any atom is -0.340 e. The van der Waals surface area contributed by atoms with Crippen molar-refractivity contribution < 1.29 is 4.79 Å². The molecule has 1 fully saturated rings. The lowest BCUT2D eigenvalue weighted by Crippen LogP contribution is -2.48. The lowest BCUT2D eigenvalue weighted by molar-refractivity contribution is -0.133. The highest BCUT2D eigenvalue weighted by atomic mass is 32.1. The van der Waals surface area contributed by atoms with Crippen LogP contribution in [0.2, 0.25) is 0 Å². The van der Waals surface area contributed by atoms with Gasteiger partial charge < -0.3 is 4.90 Å². The van der Waals surface area contributed by atoms with Crippen molar-refractivity contribution in [3.05, 3.63) is 58.2 Å². The summed E-state index contributed by atoms with van der Waals surface area (Å²) >= 11 is 1.45. The molecule has 0 saturated carbocycles. The average molecular weight is 383 g/mol. The molecule has 0 spiro atoms. The van der Waals surface area contributed by atoms with Crippen molar-refractivity contribution in [2.24, 2.45) is 0 Å². The second kappa shape index (κ2) is 7.98. The number of carbonyl (C=O) groups is 1. The molecule has 140 valence electrons. The van der Waals surface area contributed by atoms with E-state index in [4.69, 9.17) is 0 Å². The summed E-state index contributed by atoms with van der Waals surface area (Å²) < 4.78 is 1.53. The van der Waals surface area contributed by atoms with Crippen LogP contribution in [0.1, 0.15) is 12.0 Å². The third-order valence-electron chi connectivity index (χ3n) is 4.87. The van der Waals surface area contributed by atoms with Gasteiger partial charge in [0.1, 0.15) is 4.83 Å². The van der Waals surface area contributed by atoms with E-state index < -0.39 is 0 Å². The van der Waals surface area contributed by atoms with Crippen LogP contribution in [0.5, 0.6) is 0 Å². The fourth-order valence-corrected chi connectivity index (χ4v) is 4.06. The van der Waals surface area contributed by atoms with Gasteiger partial charge in [-0.15, -0.1) is 11.3 Å². The van der Waals surface area contributed by atoms with E-state index >= 15 is 0 Å². The molecule has 0 radical (unpaired) electrons. The van der Waals surface area contributed by atoms with Gasteiger partial charge in [0.05, 0.1) is 11.7 Å². The van der Waals surface area contributed by atoms with Gasteiger partial charge in [-0.05, 0) is 23.1 Å². The van der Waals surface area contributed by atoms with Crippen molar-refractivity contribution in [2.75, 3.05) is 26.2 Å². The molecule has 1 aliphatic rings. The van der Waals surface area contributed by atoms with Crippen LogP contribution in [-0.2, 0) is 17.9 Å². The smallest absolute Gasteiger partial charge is 0.262 e. The van der Waals surface area contributed by atoms with Gasteiger partial charge in [0.2, 0.25) is 5.91 Å². The molecule has 7 nitrogen and oxygen atoms in total. The van der Waals surface area contributed by atoms with Crippen LogP contribution in [-0.4, -0.2) is 56.4 Å². The molecule has 0 unspecified atom stereocenters. The number of amides is 1. The fraction of sp³-hybridized carbons (Fsp3) is 0.368. The Morgan fingerprint density at radius 2 is 2.04 bits per heavy atom. The fourth-order valence-electron chi connectivity index (χ4n) is 3.33. The van der Waals surface area contributed by atoms with E-state index in [1.165, 1.54) is 21.5 Å². The van der Waals surface area contributed by atoms with Gasteiger partial charge in [-0.1, -0.05) is 6.07 Å². The predicted octanol–water partition coefficient (Wildman–Crippen LogP) is 1.59. The Balaban J connectivity index is 1.29. The maximum atomic E-state index is 12.5. The standard InChI is InChI=1S/C19H21N5O2S/c25-17(3-6-24-14-21-18-16(19(24)26)4-11-27-18)23-9-7-22(8-10-23)13-15-2-1-5-20-12-15/h1-2,4-5,11-12,14H,3,6-10,13H2. The number of thiophene rings is 1.